The molecule has 0 heterocycles. The van der Waals surface area contributed by atoms with E-state index in [0.717, 1.165) is 6.42 Å². The van der Waals surface area contributed by atoms with Crippen molar-refractivity contribution in [2.24, 2.45) is 0 Å². The standard InChI is InChI=1S/C10H17O5Si/c1-5-6-7(12-2)8(9(11)15-16)10(13-3)14-4/h10H,5-6H2,1-4H3/b8-7+. The van der Waals surface area contributed by atoms with Gasteiger partial charge in [-0.3, -0.25) is 0 Å². The summed E-state index contributed by atoms with van der Waals surface area (Å²) in [6.45, 7) is 1.98. The van der Waals surface area contributed by atoms with Gasteiger partial charge in [-0.2, -0.15) is 0 Å². The van der Waals surface area contributed by atoms with Gasteiger partial charge >= 0.3 is 16.5 Å². The second-order valence-electron chi connectivity index (χ2n) is 2.98. The van der Waals surface area contributed by atoms with Gasteiger partial charge in [-0.1, -0.05) is 6.92 Å². The normalized spacial score (nSPS) is 12.4. The Balaban J connectivity index is 5.23. The van der Waals surface area contributed by atoms with E-state index in [1.165, 1.54) is 21.3 Å². The molecule has 0 aliphatic heterocycles. The summed E-state index contributed by atoms with van der Waals surface area (Å²) in [5.74, 6) is -0.0879. The van der Waals surface area contributed by atoms with Gasteiger partial charge in [-0.05, 0) is 6.42 Å². The fourth-order valence-corrected chi connectivity index (χ4v) is 1.41. The zero-order valence-corrected chi connectivity index (χ0v) is 11.0. The lowest BCUT2D eigenvalue weighted by Crippen LogP contribution is -2.25. The minimum Gasteiger partial charge on any atom is -0.513 e. The Bertz CT molecular complexity index is 248. The zero-order valence-electron chi connectivity index (χ0n) is 10.0. The molecule has 0 N–H and O–H groups in total. The number of rotatable bonds is 7. The highest BCUT2D eigenvalue weighted by Crippen LogP contribution is 2.19. The lowest BCUT2D eigenvalue weighted by Gasteiger charge is -2.19. The van der Waals surface area contributed by atoms with Crippen LogP contribution >= 0.6 is 0 Å². The number of hydrogen-bond donors (Lipinski definition) is 0. The maximum atomic E-state index is 11.6. The predicted molar refractivity (Wildman–Crippen MR) is 58.6 cm³/mol. The van der Waals surface area contributed by atoms with Crippen LogP contribution in [-0.2, 0) is 23.4 Å². The first-order chi connectivity index (χ1) is 7.65. The summed E-state index contributed by atoms with van der Waals surface area (Å²) in [4.78, 5) is 11.6. The molecule has 0 aliphatic carbocycles. The van der Waals surface area contributed by atoms with Crippen LogP contribution in [0, 0.1) is 0 Å². The highest BCUT2D eigenvalue weighted by Gasteiger charge is 2.26. The number of carbonyl (C=O) groups is 1. The largest absolute Gasteiger partial charge is 0.513 e. The first-order valence-electron chi connectivity index (χ1n) is 4.86. The van der Waals surface area contributed by atoms with Crippen LogP contribution < -0.4 is 0 Å². The number of carbonyl (C=O) groups excluding carboxylic acids is 1. The average Bonchev–Trinajstić information content (AvgIpc) is 2.32. The summed E-state index contributed by atoms with van der Waals surface area (Å²) < 4.78 is 19.7. The van der Waals surface area contributed by atoms with Gasteiger partial charge in [0.15, 0.2) is 6.29 Å². The quantitative estimate of drug-likeness (QED) is 0.289. The monoisotopic (exact) mass is 245 g/mol. The van der Waals surface area contributed by atoms with Crippen molar-refractivity contribution in [3.8, 4) is 0 Å². The van der Waals surface area contributed by atoms with Gasteiger partial charge in [-0.25, -0.2) is 4.79 Å². The Kier molecular flexibility index (Phi) is 7.87. The van der Waals surface area contributed by atoms with E-state index in [-0.39, 0.29) is 5.57 Å². The Morgan fingerprint density at radius 1 is 1.25 bits per heavy atom. The first-order valence-corrected chi connectivity index (χ1v) is 5.27. The van der Waals surface area contributed by atoms with Crippen molar-refractivity contribution in [3.05, 3.63) is 11.3 Å². The van der Waals surface area contributed by atoms with Crippen LogP contribution in [0.2, 0.25) is 0 Å². The Morgan fingerprint density at radius 3 is 2.12 bits per heavy atom. The molecule has 0 spiro atoms. The molecule has 0 fully saturated rings. The van der Waals surface area contributed by atoms with E-state index in [1.807, 2.05) is 6.92 Å². The van der Waals surface area contributed by atoms with Crippen molar-refractivity contribution in [2.75, 3.05) is 21.3 Å². The summed E-state index contributed by atoms with van der Waals surface area (Å²) in [6, 6.07) is 0. The molecule has 0 saturated carbocycles. The summed E-state index contributed by atoms with van der Waals surface area (Å²) in [5, 5.41) is 0. The van der Waals surface area contributed by atoms with Crippen molar-refractivity contribution >= 4 is 16.5 Å². The Morgan fingerprint density at radius 2 is 1.81 bits per heavy atom. The fraction of sp³-hybridized carbons (Fsp3) is 0.700. The van der Waals surface area contributed by atoms with E-state index >= 15 is 0 Å². The molecule has 0 bridgehead atoms. The minimum atomic E-state index is -0.801. The van der Waals surface area contributed by atoms with E-state index in [2.05, 4.69) is 14.9 Å². The Hall–Kier alpha value is -0.853. The molecule has 0 aromatic heterocycles. The third kappa shape index (κ3) is 3.95. The minimum absolute atomic E-state index is 0.226. The zero-order chi connectivity index (χ0) is 12.6. The van der Waals surface area contributed by atoms with Crippen LogP contribution in [0.1, 0.15) is 19.8 Å². The second kappa shape index (κ2) is 8.32. The number of allylic oxidation sites excluding steroid dienone is 1. The molecular formula is C10H17O5Si. The summed E-state index contributed by atoms with van der Waals surface area (Å²) >= 11 is 0. The number of hydrogen-bond acceptors (Lipinski definition) is 5. The molecule has 3 radical (unpaired) electrons. The molecule has 6 heteroatoms. The van der Waals surface area contributed by atoms with E-state index in [0.29, 0.717) is 12.2 Å². The average molecular weight is 245 g/mol. The van der Waals surface area contributed by atoms with Crippen LogP contribution in [0.5, 0.6) is 0 Å². The van der Waals surface area contributed by atoms with Crippen LogP contribution in [-0.4, -0.2) is 44.1 Å². The first kappa shape index (κ1) is 15.1. The molecule has 0 rings (SSSR count). The van der Waals surface area contributed by atoms with Crippen molar-refractivity contribution in [3.63, 3.8) is 0 Å². The topological polar surface area (TPSA) is 54.0 Å². The molecule has 16 heavy (non-hydrogen) atoms. The van der Waals surface area contributed by atoms with Crippen LogP contribution in [0.4, 0.5) is 0 Å². The van der Waals surface area contributed by atoms with Gasteiger partial charge in [0.05, 0.1) is 7.11 Å². The molecule has 0 unspecified atom stereocenters. The fourth-order valence-electron chi connectivity index (χ4n) is 1.30. The highest BCUT2D eigenvalue weighted by atomic mass is 28.2. The molecule has 0 aliphatic rings. The van der Waals surface area contributed by atoms with Crippen LogP contribution in [0.15, 0.2) is 11.3 Å². The lowest BCUT2D eigenvalue weighted by atomic mass is 10.1. The molecule has 0 aromatic rings. The van der Waals surface area contributed by atoms with Crippen LogP contribution in [0.25, 0.3) is 0 Å². The van der Waals surface area contributed by atoms with E-state index in [1.54, 1.807) is 0 Å². The molecule has 0 amide bonds. The summed E-state index contributed by atoms with van der Waals surface area (Å²) in [7, 11) is 7.06. The van der Waals surface area contributed by atoms with Crippen LogP contribution in [0.3, 0.4) is 0 Å². The van der Waals surface area contributed by atoms with Crippen molar-refractivity contribution < 1.29 is 23.4 Å². The maximum absolute atomic E-state index is 11.6. The molecule has 0 atom stereocenters. The number of ether oxygens (including phenoxy) is 3. The molecular weight excluding hydrogens is 228 g/mol. The van der Waals surface area contributed by atoms with E-state index in [9.17, 15) is 4.79 Å². The third-order valence-corrected chi connectivity index (χ3v) is 2.19. The SMILES string of the molecule is CCC/C(OC)=C(/C(=O)O[Si])C(OC)OC. The Labute approximate surface area is 99.2 Å². The van der Waals surface area contributed by atoms with Gasteiger partial charge in [0.2, 0.25) is 0 Å². The van der Waals surface area contributed by atoms with E-state index < -0.39 is 12.3 Å². The summed E-state index contributed by atoms with van der Waals surface area (Å²) in [6.07, 6.45) is 0.642. The lowest BCUT2D eigenvalue weighted by molar-refractivity contribution is -0.138. The molecule has 0 aromatic carbocycles. The third-order valence-electron chi connectivity index (χ3n) is 2.00. The van der Waals surface area contributed by atoms with Crippen molar-refractivity contribution in [1.29, 1.82) is 0 Å². The van der Waals surface area contributed by atoms with Gasteiger partial charge in [0, 0.05) is 20.6 Å². The van der Waals surface area contributed by atoms with Crippen molar-refractivity contribution in [2.45, 2.75) is 26.1 Å². The smallest absolute Gasteiger partial charge is 0.345 e. The predicted octanol–water partition coefficient (Wildman–Crippen LogP) is 0.933. The molecule has 0 saturated heterocycles. The highest BCUT2D eigenvalue weighted by molar-refractivity contribution is 6.09. The van der Waals surface area contributed by atoms with Gasteiger partial charge in [0.25, 0.3) is 0 Å². The maximum Gasteiger partial charge on any atom is 0.345 e. The molecule has 91 valence electrons. The van der Waals surface area contributed by atoms with Gasteiger partial charge in [-0.15, -0.1) is 0 Å². The number of methoxy groups -OCH3 is 3. The summed E-state index contributed by atoms with van der Waals surface area (Å²) in [5.41, 5.74) is 0.226. The second-order valence-corrected chi connectivity index (χ2v) is 3.19. The molecule has 5 nitrogen and oxygen atoms in total. The van der Waals surface area contributed by atoms with Gasteiger partial charge in [0.1, 0.15) is 11.3 Å². The van der Waals surface area contributed by atoms with Gasteiger partial charge < -0.3 is 18.6 Å². The van der Waals surface area contributed by atoms with Crippen molar-refractivity contribution in [1.82, 2.24) is 0 Å². The van der Waals surface area contributed by atoms with E-state index in [4.69, 9.17) is 14.2 Å².